The summed E-state index contributed by atoms with van der Waals surface area (Å²) in [6, 6.07) is 9.78. The molecule has 21 heavy (non-hydrogen) atoms. The Hall–Kier alpha value is -2.81. The number of carboxylic acids is 1. The van der Waals surface area contributed by atoms with E-state index in [0.29, 0.717) is 6.54 Å². The van der Waals surface area contributed by atoms with Gasteiger partial charge in [0.1, 0.15) is 18.2 Å². The number of rotatable bonds is 7. The van der Waals surface area contributed by atoms with Gasteiger partial charge in [-0.15, -0.1) is 0 Å². The standard InChI is InChI=1S/C15H17N3O3/c1-11-3-2-4-12(7-11)5-6-17-9-13(8-16)15(21)18-10-14(19)20/h2-4,7,9,17H,5-6,10H2,1H3,(H,18,21)(H,19,20)/b13-9-. The Morgan fingerprint density at radius 2 is 2.19 bits per heavy atom. The summed E-state index contributed by atoms with van der Waals surface area (Å²) in [6.07, 6.45) is 2.06. The molecule has 0 atom stereocenters. The number of carbonyl (C=O) groups is 2. The zero-order valence-electron chi connectivity index (χ0n) is 11.7. The first-order chi connectivity index (χ1) is 10.0. The van der Waals surface area contributed by atoms with Crippen molar-refractivity contribution in [2.75, 3.05) is 13.1 Å². The van der Waals surface area contributed by atoms with E-state index >= 15 is 0 Å². The lowest BCUT2D eigenvalue weighted by atomic mass is 10.1. The molecule has 0 saturated carbocycles. The van der Waals surface area contributed by atoms with Crippen LogP contribution in [0.15, 0.2) is 36.0 Å². The first-order valence-electron chi connectivity index (χ1n) is 6.42. The predicted octanol–water partition coefficient (Wildman–Crippen LogP) is 0.735. The molecular weight excluding hydrogens is 270 g/mol. The molecule has 1 aromatic rings. The van der Waals surface area contributed by atoms with Crippen molar-refractivity contribution in [2.45, 2.75) is 13.3 Å². The van der Waals surface area contributed by atoms with Crippen molar-refractivity contribution in [3.05, 3.63) is 47.2 Å². The van der Waals surface area contributed by atoms with Gasteiger partial charge in [-0.1, -0.05) is 29.8 Å². The Morgan fingerprint density at radius 3 is 2.81 bits per heavy atom. The molecule has 0 heterocycles. The monoisotopic (exact) mass is 287 g/mol. The smallest absolute Gasteiger partial charge is 0.322 e. The van der Waals surface area contributed by atoms with Crippen LogP contribution in [0.4, 0.5) is 0 Å². The van der Waals surface area contributed by atoms with Gasteiger partial charge in [-0.3, -0.25) is 9.59 Å². The van der Waals surface area contributed by atoms with Gasteiger partial charge < -0.3 is 15.7 Å². The highest BCUT2D eigenvalue weighted by molar-refractivity contribution is 5.98. The topological polar surface area (TPSA) is 102 Å². The molecular formula is C15H17N3O3. The Bertz CT molecular complexity index is 588. The van der Waals surface area contributed by atoms with Gasteiger partial charge in [-0.25, -0.2) is 0 Å². The maximum Gasteiger partial charge on any atom is 0.322 e. The van der Waals surface area contributed by atoms with Gasteiger partial charge in [0.2, 0.25) is 0 Å². The second-order valence-electron chi connectivity index (χ2n) is 4.44. The molecule has 0 aromatic heterocycles. The minimum absolute atomic E-state index is 0.152. The normalized spacial score (nSPS) is 10.6. The summed E-state index contributed by atoms with van der Waals surface area (Å²) < 4.78 is 0. The summed E-state index contributed by atoms with van der Waals surface area (Å²) in [6.45, 7) is 2.07. The zero-order valence-corrected chi connectivity index (χ0v) is 11.7. The number of hydrogen-bond donors (Lipinski definition) is 3. The van der Waals surface area contributed by atoms with E-state index in [-0.39, 0.29) is 5.57 Å². The summed E-state index contributed by atoms with van der Waals surface area (Å²) in [5, 5.41) is 22.3. The minimum Gasteiger partial charge on any atom is -0.480 e. The summed E-state index contributed by atoms with van der Waals surface area (Å²) in [5.41, 5.74) is 2.18. The van der Waals surface area contributed by atoms with Gasteiger partial charge in [-0.05, 0) is 18.9 Å². The molecule has 0 aliphatic rings. The number of hydrogen-bond acceptors (Lipinski definition) is 4. The van der Waals surface area contributed by atoms with Gasteiger partial charge in [0.25, 0.3) is 5.91 Å². The van der Waals surface area contributed by atoms with Crippen LogP contribution in [-0.2, 0) is 16.0 Å². The molecule has 110 valence electrons. The molecule has 0 aliphatic carbocycles. The predicted molar refractivity (Wildman–Crippen MR) is 77.2 cm³/mol. The molecule has 0 radical (unpaired) electrons. The van der Waals surface area contributed by atoms with E-state index in [4.69, 9.17) is 10.4 Å². The highest BCUT2D eigenvalue weighted by Gasteiger charge is 2.09. The number of nitrogens with zero attached hydrogens (tertiary/aromatic N) is 1. The molecule has 1 amide bonds. The van der Waals surface area contributed by atoms with Crippen molar-refractivity contribution in [3.63, 3.8) is 0 Å². The van der Waals surface area contributed by atoms with Crippen molar-refractivity contribution in [3.8, 4) is 6.07 Å². The van der Waals surface area contributed by atoms with Gasteiger partial charge in [0, 0.05) is 12.7 Å². The summed E-state index contributed by atoms with van der Waals surface area (Å²) in [7, 11) is 0. The quantitative estimate of drug-likeness (QED) is 0.390. The number of aryl methyl sites for hydroxylation is 1. The van der Waals surface area contributed by atoms with Crippen molar-refractivity contribution in [1.82, 2.24) is 10.6 Å². The number of benzene rings is 1. The van der Waals surface area contributed by atoms with Crippen LogP contribution < -0.4 is 10.6 Å². The minimum atomic E-state index is -1.16. The molecule has 0 saturated heterocycles. The van der Waals surface area contributed by atoms with Gasteiger partial charge in [0.05, 0.1) is 0 Å². The van der Waals surface area contributed by atoms with Crippen LogP contribution in [0.25, 0.3) is 0 Å². The fraction of sp³-hybridized carbons (Fsp3) is 0.267. The van der Waals surface area contributed by atoms with Crippen molar-refractivity contribution >= 4 is 11.9 Å². The van der Waals surface area contributed by atoms with Gasteiger partial charge in [-0.2, -0.15) is 5.26 Å². The molecule has 1 aromatic carbocycles. The number of carboxylic acid groups (broad SMARTS) is 1. The van der Waals surface area contributed by atoms with Crippen LogP contribution in [0, 0.1) is 18.3 Å². The average molecular weight is 287 g/mol. The zero-order chi connectivity index (χ0) is 15.7. The van der Waals surface area contributed by atoms with E-state index in [0.717, 1.165) is 12.0 Å². The molecule has 0 unspecified atom stereocenters. The van der Waals surface area contributed by atoms with Crippen molar-refractivity contribution in [1.29, 1.82) is 5.26 Å². The number of amides is 1. The highest BCUT2D eigenvalue weighted by Crippen LogP contribution is 2.03. The third kappa shape index (κ3) is 6.25. The van der Waals surface area contributed by atoms with Crippen LogP contribution in [0.3, 0.4) is 0 Å². The van der Waals surface area contributed by atoms with Crippen LogP contribution in [0.2, 0.25) is 0 Å². The SMILES string of the molecule is Cc1cccc(CCN/C=C(/C#N)C(=O)NCC(=O)O)c1. The lowest BCUT2D eigenvalue weighted by Crippen LogP contribution is -2.30. The third-order valence-corrected chi connectivity index (χ3v) is 2.65. The maximum absolute atomic E-state index is 11.5. The fourth-order valence-corrected chi connectivity index (χ4v) is 1.66. The van der Waals surface area contributed by atoms with E-state index in [1.54, 1.807) is 6.07 Å². The lowest BCUT2D eigenvalue weighted by Gasteiger charge is -2.04. The maximum atomic E-state index is 11.5. The van der Waals surface area contributed by atoms with Gasteiger partial charge >= 0.3 is 5.97 Å². The van der Waals surface area contributed by atoms with E-state index in [2.05, 4.69) is 16.7 Å². The van der Waals surface area contributed by atoms with Crippen molar-refractivity contribution in [2.24, 2.45) is 0 Å². The molecule has 1 rings (SSSR count). The third-order valence-electron chi connectivity index (χ3n) is 2.65. The second kappa shape index (κ2) is 8.38. The first kappa shape index (κ1) is 16.2. The fourth-order valence-electron chi connectivity index (χ4n) is 1.66. The van der Waals surface area contributed by atoms with Crippen LogP contribution in [0.1, 0.15) is 11.1 Å². The number of carbonyl (C=O) groups excluding carboxylic acids is 1. The molecule has 0 spiro atoms. The van der Waals surface area contributed by atoms with Gasteiger partial charge in [0.15, 0.2) is 0 Å². The molecule has 0 bridgehead atoms. The van der Waals surface area contributed by atoms with E-state index < -0.39 is 18.4 Å². The largest absolute Gasteiger partial charge is 0.480 e. The van der Waals surface area contributed by atoms with Crippen LogP contribution in [-0.4, -0.2) is 30.1 Å². The van der Waals surface area contributed by atoms with Crippen LogP contribution >= 0.6 is 0 Å². The molecule has 6 nitrogen and oxygen atoms in total. The molecule has 3 N–H and O–H groups in total. The lowest BCUT2D eigenvalue weighted by molar-refractivity contribution is -0.137. The number of aliphatic carboxylic acids is 1. The molecule has 6 heteroatoms. The Labute approximate surface area is 123 Å². The van der Waals surface area contributed by atoms with E-state index in [1.165, 1.54) is 11.8 Å². The number of nitrogens with one attached hydrogen (secondary N) is 2. The Kier molecular flexibility index (Phi) is 6.48. The molecule has 0 fully saturated rings. The highest BCUT2D eigenvalue weighted by atomic mass is 16.4. The van der Waals surface area contributed by atoms with Crippen molar-refractivity contribution < 1.29 is 14.7 Å². The van der Waals surface area contributed by atoms with Crippen LogP contribution in [0.5, 0.6) is 0 Å². The second-order valence-corrected chi connectivity index (χ2v) is 4.44. The Balaban J connectivity index is 2.44. The summed E-state index contributed by atoms with van der Waals surface area (Å²) >= 11 is 0. The first-order valence-corrected chi connectivity index (χ1v) is 6.42. The summed E-state index contributed by atoms with van der Waals surface area (Å²) in [5.74, 6) is -1.86. The summed E-state index contributed by atoms with van der Waals surface area (Å²) in [4.78, 5) is 21.8. The average Bonchev–Trinajstić information content (AvgIpc) is 2.45. The van der Waals surface area contributed by atoms with E-state index in [1.807, 2.05) is 25.1 Å². The van der Waals surface area contributed by atoms with E-state index in [9.17, 15) is 9.59 Å². The Morgan fingerprint density at radius 1 is 1.43 bits per heavy atom. The molecule has 0 aliphatic heterocycles. The number of nitriles is 1.